The highest BCUT2D eigenvalue weighted by atomic mass is 16.4. The van der Waals surface area contributed by atoms with E-state index in [1.54, 1.807) is 141 Å². The van der Waals surface area contributed by atoms with Crippen LogP contribution >= 0.6 is 0 Å². The predicted octanol–water partition coefficient (Wildman–Crippen LogP) is 17.7. The van der Waals surface area contributed by atoms with Gasteiger partial charge in [0, 0.05) is 118 Å². The zero-order valence-corrected chi connectivity index (χ0v) is 86.3. The van der Waals surface area contributed by atoms with E-state index in [-0.39, 0.29) is 89.0 Å². The van der Waals surface area contributed by atoms with E-state index < -0.39 is 35.8 Å². The summed E-state index contributed by atoms with van der Waals surface area (Å²) in [7, 11) is 0. The molecule has 34 nitrogen and oxygen atoms in total. The van der Waals surface area contributed by atoms with E-state index in [2.05, 4.69) is 77.5 Å². The summed E-state index contributed by atoms with van der Waals surface area (Å²) >= 11 is 0. The molecule has 17 rings (SSSR count). The molecule has 3 atom stereocenters. The summed E-state index contributed by atoms with van der Waals surface area (Å²) in [5.74, 6) is -1.99. The van der Waals surface area contributed by atoms with E-state index in [9.17, 15) is 58.5 Å². The van der Waals surface area contributed by atoms with Crippen molar-refractivity contribution in [1.29, 1.82) is 0 Å². The first-order valence-corrected chi connectivity index (χ1v) is 51.4. The SMILES string of the molecule is CCCCN(CCCC)C(=O)c1cc(C)n(-c2ccc(NC(=O)c3cnn4cccnc34)cc2C(=O)N2Cc3ccccc3C[C@H]2CO)n1.CCCCN(CCCC)C(=O)c1cc(C)n(-c2ccc(NC(=O)c3oc(-c4ccccc4)nc3C)cc2C(=O)N2Cc3ccccc3C[C@H]2CO)n1.CCCCN(CCCC)C(=O)c1cc(C)n(-c2ccc(NC(=O)c3oc(C)nc3C)cc2C(=O)N2Cc3ccccc3C[C@H]2CO)n1. The van der Waals surface area contributed by atoms with Crippen molar-refractivity contribution in [2.24, 2.45) is 0 Å². The lowest BCUT2D eigenvalue weighted by molar-refractivity contribution is 0.0539. The number of anilines is 3. The van der Waals surface area contributed by atoms with Crippen molar-refractivity contribution in [2.45, 2.75) is 217 Å². The van der Waals surface area contributed by atoms with Gasteiger partial charge in [0.25, 0.3) is 53.2 Å². The molecular weight excluding hydrogens is 1870 g/mol. The first-order chi connectivity index (χ1) is 71.7. The van der Waals surface area contributed by atoms with E-state index >= 15 is 0 Å². The lowest BCUT2D eigenvalue weighted by Crippen LogP contribution is -2.46. The Bertz CT molecular complexity index is 7080. The van der Waals surface area contributed by atoms with Gasteiger partial charge in [-0.2, -0.15) is 20.4 Å². The molecule has 9 amide bonds. The molecule has 3 aliphatic rings. The molecule has 772 valence electrons. The number of fused-ring (bicyclic) bond motifs is 4. The summed E-state index contributed by atoms with van der Waals surface area (Å²) in [5.41, 5.74) is 14.9. The molecule has 0 spiro atoms. The van der Waals surface area contributed by atoms with Crippen LogP contribution in [0.25, 0.3) is 34.2 Å². The maximum atomic E-state index is 14.6. The predicted molar refractivity (Wildman–Crippen MR) is 564 cm³/mol. The topological polar surface area (TPSA) is 406 Å². The number of hydrogen-bond acceptors (Lipinski definition) is 21. The Balaban J connectivity index is 0.000000166. The number of aliphatic hydroxyl groups excluding tert-OH is 3. The molecule has 10 heterocycles. The Morgan fingerprint density at radius 3 is 1.05 bits per heavy atom. The monoisotopic (exact) mass is 2010 g/mol. The summed E-state index contributed by atoms with van der Waals surface area (Å²) < 4.78 is 17.8. The second-order valence-electron chi connectivity index (χ2n) is 37.9. The molecule has 0 bridgehead atoms. The average Bonchev–Trinajstić information content (AvgIpc) is 0.808. The Hall–Kier alpha value is -15.7. The van der Waals surface area contributed by atoms with Crippen molar-refractivity contribution in [2.75, 3.05) is 75.0 Å². The summed E-state index contributed by atoms with van der Waals surface area (Å²) in [5, 5.41) is 58.3. The molecule has 14 aromatic rings. The third-order valence-corrected chi connectivity index (χ3v) is 27.1. The highest BCUT2D eigenvalue weighted by Gasteiger charge is 2.38. The number of hydrogen-bond donors (Lipinski definition) is 6. The van der Waals surface area contributed by atoms with Gasteiger partial charge in [0.2, 0.25) is 17.4 Å². The molecule has 6 N–H and O–H groups in total. The van der Waals surface area contributed by atoms with Crippen LogP contribution in [0.5, 0.6) is 0 Å². The number of nitrogens with one attached hydrogen (secondary N) is 3. The van der Waals surface area contributed by atoms with Crippen molar-refractivity contribution in [3.8, 4) is 28.5 Å². The maximum Gasteiger partial charge on any atom is 0.293 e. The first-order valence-electron chi connectivity index (χ1n) is 51.4. The van der Waals surface area contributed by atoms with Crippen LogP contribution in [0.15, 0.2) is 209 Å². The fraction of sp³-hybridized carbons (Fsp3) is 0.368. The Morgan fingerprint density at radius 1 is 0.378 bits per heavy atom. The lowest BCUT2D eigenvalue weighted by atomic mass is 9.93. The Kier molecular flexibility index (Phi) is 35.6. The molecule has 148 heavy (non-hydrogen) atoms. The van der Waals surface area contributed by atoms with Gasteiger partial charge in [-0.1, -0.05) is 171 Å². The highest BCUT2D eigenvalue weighted by molar-refractivity contribution is 6.10. The molecule has 3 aliphatic heterocycles. The van der Waals surface area contributed by atoms with Crippen molar-refractivity contribution < 1.29 is 67.3 Å². The molecule has 0 aliphatic carbocycles. The van der Waals surface area contributed by atoms with Crippen LogP contribution in [0.4, 0.5) is 17.1 Å². The molecule has 34 heteroatoms. The fourth-order valence-corrected chi connectivity index (χ4v) is 18.9. The van der Waals surface area contributed by atoms with Crippen LogP contribution in [0.1, 0.15) is 280 Å². The molecule has 7 aromatic heterocycles. The van der Waals surface area contributed by atoms with Gasteiger partial charge in [0.15, 0.2) is 28.6 Å². The highest BCUT2D eigenvalue weighted by Crippen LogP contribution is 2.36. The smallest absolute Gasteiger partial charge is 0.293 e. The van der Waals surface area contributed by atoms with Crippen molar-refractivity contribution in [3.05, 3.63) is 319 Å². The van der Waals surface area contributed by atoms with E-state index in [1.807, 2.05) is 139 Å². The van der Waals surface area contributed by atoms with Crippen LogP contribution in [-0.2, 0) is 38.9 Å². The zero-order valence-electron chi connectivity index (χ0n) is 86.3. The quantitative estimate of drug-likeness (QED) is 0.0211. The van der Waals surface area contributed by atoms with Crippen LogP contribution in [-0.4, -0.2) is 229 Å². The lowest BCUT2D eigenvalue weighted by Gasteiger charge is -2.36. The Morgan fingerprint density at radius 2 is 0.709 bits per heavy atom. The number of rotatable bonds is 37. The number of carbonyl (C=O) groups excluding carboxylic acids is 9. The standard InChI is InChI=1S/C41H46N6O5.C37H42N8O4.C36H44N6O5/c1-5-7-20-45(21-8-6-2)41(51)35-22-27(3)47(44-35)36-19-18-32(43-38(49)37-28(4)42-39(52-37)29-14-10-9-11-15-29)24-34(36)40(50)46-25-31-17-13-12-16-30(31)23-33(46)26-48;1-4-6-16-42(17-7-5-2)37(49)32-19-25(3)45(41-32)33-14-13-28(40-35(47)31-22-39-44-18-10-15-38-34(31)44)21-30(33)36(48)43-23-27-12-9-8-11-26(27)20-29(43)24-46;1-6-8-16-40(17-9-7-2)36(46)31-18-23(3)42(39-31)32-15-14-28(38-34(44)33-24(4)37-25(5)47-33)20-30(32)35(45)41-21-27-13-11-10-12-26(27)19-29(41)22-43/h9-19,22,24,33,48H,5-8,20-21,23,25-26H2,1-4H3,(H,43,49);8-15,18-19,21-22,29,46H,4-7,16-17,20,23-24H2,1-3H3,(H,40,47);10-15,18,20,29,43H,6-9,16-17,19,21-22H2,1-5H3,(H,38,44)/t33-;2*29-/m000/s1. The minimum Gasteiger partial charge on any atom is -0.436 e. The van der Waals surface area contributed by atoms with Gasteiger partial charge in [-0.25, -0.2) is 33.5 Å². The van der Waals surface area contributed by atoms with Gasteiger partial charge in [0.05, 0.1) is 89.3 Å². The second-order valence-corrected chi connectivity index (χ2v) is 37.9. The number of aromatic nitrogens is 11. The molecule has 0 unspecified atom stereocenters. The third kappa shape index (κ3) is 24.5. The minimum absolute atomic E-state index is 0.0607. The molecule has 0 fully saturated rings. The Labute approximate surface area is 861 Å². The number of unbranched alkanes of at least 4 members (excludes halogenated alkanes) is 6. The number of nitrogens with zero attached hydrogens (tertiary/aromatic N) is 17. The third-order valence-electron chi connectivity index (χ3n) is 27.1. The number of aryl methyl sites for hydroxylation is 6. The molecule has 7 aromatic carbocycles. The summed E-state index contributed by atoms with van der Waals surface area (Å²) in [4.78, 5) is 148. The molecule has 0 saturated carbocycles. The molecule has 0 radical (unpaired) electrons. The normalized spacial score (nSPS) is 14.0. The fourth-order valence-electron chi connectivity index (χ4n) is 18.9. The van der Waals surface area contributed by atoms with Gasteiger partial charge in [0.1, 0.15) is 5.56 Å². The first kappa shape index (κ1) is 107. The van der Waals surface area contributed by atoms with Crippen LogP contribution in [0.2, 0.25) is 0 Å². The molecular formula is C114H132N20O14. The van der Waals surface area contributed by atoms with Crippen molar-refractivity contribution in [3.63, 3.8) is 0 Å². The van der Waals surface area contributed by atoms with Crippen LogP contribution in [0.3, 0.4) is 0 Å². The number of amides is 9. The summed E-state index contributed by atoms with van der Waals surface area (Å²) in [6, 6.07) is 53.8. The van der Waals surface area contributed by atoms with E-state index in [4.69, 9.17) is 24.1 Å². The van der Waals surface area contributed by atoms with Crippen LogP contribution in [0, 0.1) is 41.5 Å². The zero-order chi connectivity index (χ0) is 105. The van der Waals surface area contributed by atoms with Gasteiger partial charge in [-0.15, -0.1) is 0 Å². The van der Waals surface area contributed by atoms with Gasteiger partial charge in [-0.05, 0) is 217 Å². The average molecular weight is 2010 g/mol. The minimum atomic E-state index is -0.513. The number of oxazole rings is 2. The summed E-state index contributed by atoms with van der Waals surface area (Å²) in [6.45, 7) is 27.4. The van der Waals surface area contributed by atoms with Crippen molar-refractivity contribution in [1.82, 2.24) is 83.3 Å². The van der Waals surface area contributed by atoms with Gasteiger partial charge in [-0.3, -0.25) is 43.2 Å². The number of benzene rings is 7. The largest absolute Gasteiger partial charge is 0.436 e. The second kappa shape index (κ2) is 49.5. The number of carbonyl (C=O) groups is 9. The molecule has 0 saturated heterocycles. The maximum absolute atomic E-state index is 14.6. The van der Waals surface area contributed by atoms with Crippen LogP contribution < -0.4 is 16.0 Å². The number of aliphatic hydroxyl groups is 3. The van der Waals surface area contributed by atoms with E-state index in [1.165, 1.54) is 10.7 Å². The van der Waals surface area contributed by atoms with E-state index in [0.717, 1.165) is 116 Å². The van der Waals surface area contributed by atoms with Gasteiger partial charge >= 0.3 is 0 Å². The summed E-state index contributed by atoms with van der Waals surface area (Å²) in [6.07, 6.45) is 17.5. The van der Waals surface area contributed by atoms with E-state index in [0.29, 0.717) is 175 Å². The van der Waals surface area contributed by atoms with Crippen molar-refractivity contribution >= 4 is 75.9 Å². The van der Waals surface area contributed by atoms with Gasteiger partial charge < -0.3 is 69.5 Å².